The second kappa shape index (κ2) is 7.00. The molecule has 126 valence electrons. The summed E-state index contributed by atoms with van der Waals surface area (Å²) in [4.78, 5) is 26.4. The molecule has 1 N–H and O–H groups in total. The van der Waals surface area contributed by atoms with E-state index in [0.29, 0.717) is 23.4 Å². The number of nitrogens with zero attached hydrogens (tertiary/aromatic N) is 2. The minimum absolute atomic E-state index is 0.208. The number of hydrogen-bond acceptors (Lipinski definition) is 4. The second-order valence-electron chi connectivity index (χ2n) is 5.35. The van der Waals surface area contributed by atoms with Crippen LogP contribution in [-0.4, -0.2) is 31.2 Å². The predicted molar refractivity (Wildman–Crippen MR) is 96.0 cm³/mol. The Morgan fingerprint density at radius 3 is 2.64 bits per heavy atom. The molecular formula is C19H17N3O3. The van der Waals surface area contributed by atoms with E-state index in [1.807, 2.05) is 18.2 Å². The van der Waals surface area contributed by atoms with Crippen LogP contribution in [0, 0.1) is 0 Å². The van der Waals surface area contributed by atoms with Crippen LogP contribution in [0.1, 0.15) is 15.9 Å². The van der Waals surface area contributed by atoms with Crippen LogP contribution in [0.15, 0.2) is 66.3 Å². The maximum atomic E-state index is 12.6. The van der Waals surface area contributed by atoms with Crippen LogP contribution >= 0.6 is 0 Å². The summed E-state index contributed by atoms with van der Waals surface area (Å²) in [6.07, 6.45) is 1.65. The number of para-hydroxylation sites is 1. The molecule has 1 aliphatic heterocycles. The van der Waals surface area contributed by atoms with Gasteiger partial charge in [-0.3, -0.25) is 9.59 Å². The van der Waals surface area contributed by atoms with E-state index >= 15 is 0 Å². The standard InChI is InChI=1S/C19H17N3O3/c1-3-12-22-16-7-5-4-6-15(16)17(19(22)24)20-21-18(23)13-8-10-14(25-2)11-9-13/h3-11H,1,12H2,2H3,(H,21,23)/b20-17+. The van der Waals surface area contributed by atoms with E-state index in [4.69, 9.17) is 4.74 Å². The molecule has 0 aromatic heterocycles. The third-order valence-electron chi connectivity index (χ3n) is 3.83. The summed E-state index contributed by atoms with van der Waals surface area (Å²) in [7, 11) is 1.55. The molecule has 0 bridgehead atoms. The van der Waals surface area contributed by atoms with E-state index in [0.717, 1.165) is 5.69 Å². The van der Waals surface area contributed by atoms with Crippen molar-refractivity contribution in [3.8, 4) is 5.75 Å². The van der Waals surface area contributed by atoms with Crippen molar-refractivity contribution in [1.29, 1.82) is 0 Å². The molecule has 0 atom stereocenters. The fraction of sp³-hybridized carbons (Fsp3) is 0.105. The number of amides is 2. The molecule has 1 heterocycles. The Hall–Kier alpha value is -3.41. The lowest BCUT2D eigenvalue weighted by atomic mass is 10.1. The Bertz CT molecular complexity index is 856. The SMILES string of the molecule is C=CCN1C(=O)/C(=N/NC(=O)c2ccc(OC)cc2)c2ccccc21. The zero-order chi connectivity index (χ0) is 17.8. The Balaban J connectivity index is 1.84. The van der Waals surface area contributed by atoms with Gasteiger partial charge in [-0.05, 0) is 30.3 Å². The van der Waals surface area contributed by atoms with Gasteiger partial charge >= 0.3 is 0 Å². The van der Waals surface area contributed by atoms with Crippen LogP contribution in [0.3, 0.4) is 0 Å². The topological polar surface area (TPSA) is 71.0 Å². The summed E-state index contributed by atoms with van der Waals surface area (Å²) in [5, 5.41) is 4.06. The van der Waals surface area contributed by atoms with E-state index in [1.54, 1.807) is 48.4 Å². The highest BCUT2D eigenvalue weighted by atomic mass is 16.5. The van der Waals surface area contributed by atoms with Gasteiger partial charge in [0.05, 0.1) is 12.8 Å². The minimum Gasteiger partial charge on any atom is -0.497 e. The molecule has 0 radical (unpaired) electrons. The molecule has 2 aromatic carbocycles. The molecule has 6 heteroatoms. The first-order chi connectivity index (χ1) is 12.2. The normalized spacial score (nSPS) is 14.4. The van der Waals surface area contributed by atoms with Crippen molar-refractivity contribution in [3.05, 3.63) is 72.3 Å². The van der Waals surface area contributed by atoms with Crippen LogP contribution < -0.4 is 15.1 Å². The van der Waals surface area contributed by atoms with Crippen LogP contribution in [0.5, 0.6) is 5.75 Å². The van der Waals surface area contributed by atoms with Crippen molar-refractivity contribution >= 4 is 23.2 Å². The Morgan fingerprint density at radius 2 is 1.96 bits per heavy atom. The first-order valence-electron chi connectivity index (χ1n) is 7.70. The first kappa shape index (κ1) is 16.4. The van der Waals surface area contributed by atoms with E-state index in [-0.39, 0.29) is 11.6 Å². The van der Waals surface area contributed by atoms with Crippen LogP contribution in [-0.2, 0) is 4.79 Å². The smallest absolute Gasteiger partial charge is 0.279 e. The minimum atomic E-state index is -0.400. The van der Waals surface area contributed by atoms with Crippen LogP contribution in [0.2, 0.25) is 0 Å². The first-order valence-corrected chi connectivity index (χ1v) is 7.70. The van der Waals surface area contributed by atoms with Gasteiger partial charge in [0.25, 0.3) is 11.8 Å². The third kappa shape index (κ3) is 3.14. The number of carbonyl (C=O) groups is 2. The molecule has 0 spiro atoms. The van der Waals surface area contributed by atoms with Gasteiger partial charge in [0.15, 0.2) is 5.71 Å². The number of anilines is 1. The number of carbonyl (C=O) groups excluding carboxylic acids is 2. The summed E-state index contributed by atoms with van der Waals surface area (Å²) >= 11 is 0. The zero-order valence-electron chi connectivity index (χ0n) is 13.7. The lowest BCUT2D eigenvalue weighted by Gasteiger charge is -2.13. The van der Waals surface area contributed by atoms with Gasteiger partial charge in [0.1, 0.15) is 5.75 Å². The van der Waals surface area contributed by atoms with Gasteiger partial charge in [0.2, 0.25) is 0 Å². The molecule has 3 rings (SSSR count). The van der Waals surface area contributed by atoms with E-state index in [1.165, 1.54) is 0 Å². The van der Waals surface area contributed by atoms with E-state index in [2.05, 4.69) is 17.1 Å². The molecule has 2 aromatic rings. The zero-order valence-corrected chi connectivity index (χ0v) is 13.7. The molecule has 6 nitrogen and oxygen atoms in total. The second-order valence-corrected chi connectivity index (χ2v) is 5.35. The molecular weight excluding hydrogens is 318 g/mol. The number of hydrazone groups is 1. The molecule has 0 saturated heterocycles. The monoisotopic (exact) mass is 335 g/mol. The van der Waals surface area contributed by atoms with E-state index < -0.39 is 5.91 Å². The van der Waals surface area contributed by atoms with E-state index in [9.17, 15) is 9.59 Å². The average Bonchev–Trinajstić information content (AvgIpc) is 2.92. The number of fused-ring (bicyclic) bond motifs is 1. The highest BCUT2D eigenvalue weighted by Crippen LogP contribution is 2.28. The number of methoxy groups -OCH3 is 1. The average molecular weight is 335 g/mol. The third-order valence-corrected chi connectivity index (χ3v) is 3.83. The predicted octanol–water partition coefficient (Wildman–Crippen LogP) is 2.36. The fourth-order valence-corrected chi connectivity index (χ4v) is 2.59. The lowest BCUT2D eigenvalue weighted by molar-refractivity contribution is -0.112. The van der Waals surface area contributed by atoms with Crippen LogP contribution in [0.25, 0.3) is 0 Å². The van der Waals surface area contributed by atoms with Crippen molar-refractivity contribution in [2.75, 3.05) is 18.6 Å². The molecule has 0 aliphatic carbocycles. The molecule has 25 heavy (non-hydrogen) atoms. The lowest BCUT2D eigenvalue weighted by Crippen LogP contribution is -2.31. The molecule has 0 fully saturated rings. The molecule has 1 aliphatic rings. The van der Waals surface area contributed by atoms with Gasteiger partial charge in [-0.1, -0.05) is 24.3 Å². The van der Waals surface area contributed by atoms with Crippen LogP contribution in [0.4, 0.5) is 5.69 Å². The molecule has 0 saturated carbocycles. The van der Waals surface area contributed by atoms with Gasteiger partial charge in [-0.25, -0.2) is 5.43 Å². The molecule has 0 unspecified atom stereocenters. The quantitative estimate of drug-likeness (QED) is 0.673. The summed E-state index contributed by atoms with van der Waals surface area (Å²) < 4.78 is 5.06. The van der Waals surface area contributed by atoms with Crippen molar-refractivity contribution in [2.45, 2.75) is 0 Å². The van der Waals surface area contributed by atoms with Gasteiger partial charge in [0, 0.05) is 17.7 Å². The Kier molecular flexibility index (Phi) is 4.61. The maximum Gasteiger partial charge on any atom is 0.279 e. The van der Waals surface area contributed by atoms with Gasteiger partial charge in [-0.2, -0.15) is 5.10 Å². The van der Waals surface area contributed by atoms with Crippen molar-refractivity contribution in [1.82, 2.24) is 5.43 Å². The number of benzene rings is 2. The summed E-state index contributed by atoms with van der Waals surface area (Å²) in [6.45, 7) is 4.05. The van der Waals surface area contributed by atoms with Crippen molar-refractivity contribution in [2.24, 2.45) is 5.10 Å². The number of rotatable bonds is 5. The van der Waals surface area contributed by atoms with Gasteiger partial charge < -0.3 is 9.64 Å². The Labute approximate surface area is 145 Å². The van der Waals surface area contributed by atoms with Crippen molar-refractivity contribution in [3.63, 3.8) is 0 Å². The maximum absolute atomic E-state index is 12.6. The molecule has 2 amide bonds. The summed E-state index contributed by atoms with van der Waals surface area (Å²) in [5.74, 6) is -0.0124. The largest absolute Gasteiger partial charge is 0.497 e. The van der Waals surface area contributed by atoms with Crippen molar-refractivity contribution < 1.29 is 14.3 Å². The highest BCUT2D eigenvalue weighted by molar-refractivity contribution is 6.54. The summed E-state index contributed by atoms with van der Waals surface area (Å²) in [6, 6.07) is 13.9. The number of hydrogen-bond donors (Lipinski definition) is 1. The highest BCUT2D eigenvalue weighted by Gasteiger charge is 2.33. The summed E-state index contributed by atoms with van der Waals surface area (Å²) in [5.41, 5.74) is 4.52. The number of ether oxygens (including phenoxy) is 1. The van der Waals surface area contributed by atoms with Gasteiger partial charge in [-0.15, -0.1) is 6.58 Å². The Morgan fingerprint density at radius 1 is 1.24 bits per heavy atom. The number of nitrogens with one attached hydrogen (secondary N) is 1. The fourth-order valence-electron chi connectivity index (χ4n) is 2.59.